The van der Waals surface area contributed by atoms with Crippen LogP contribution < -0.4 is 0 Å². The van der Waals surface area contributed by atoms with Gasteiger partial charge in [0.05, 0.1) is 0 Å². The summed E-state index contributed by atoms with van der Waals surface area (Å²) in [6, 6.07) is 16.8. The van der Waals surface area contributed by atoms with Crippen molar-refractivity contribution in [2.45, 2.75) is 19.3 Å². The molecule has 2 rings (SSSR count). The van der Waals surface area contributed by atoms with E-state index in [1.807, 2.05) is 12.3 Å². The minimum absolute atomic E-state index is 1.03. The third kappa shape index (κ3) is 5.23. The lowest BCUT2D eigenvalue weighted by atomic mass is 10.1. The number of hydrogen-bond acceptors (Lipinski definition) is 2. The van der Waals surface area contributed by atoms with Crippen molar-refractivity contribution in [3.8, 4) is 0 Å². The van der Waals surface area contributed by atoms with E-state index in [4.69, 9.17) is 0 Å². The van der Waals surface area contributed by atoms with Gasteiger partial charge in [0.2, 0.25) is 0 Å². The fourth-order valence-corrected chi connectivity index (χ4v) is 2.16. The zero-order valence-electron chi connectivity index (χ0n) is 11.6. The molecule has 0 atom stereocenters. The van der Waals surface area contributed by atoms with Crippen LogP contribution in [0.4, 0.5) is 0 Å². The molecule has 0 amide bonds. The number of nitrogens with zero attached hydrogens (tertiary/aromatic N) is 2. The van der Waals surface area contributed by atoms with E-state index in [-0.39, 0.29) is 0 Å². The average Bonchev–Trinajstić information content (AvgIpc) is 2.47. The van der Waals surface area contributed by atoms with Gasteiger partial charge >= 0.3 is 0 Å². The standard InChI is InChI=1S/C17H22N2/c1-19(15-12-17-11-5-6-13-18-17)14-7-10-16-8-3-2-4-9-16/h2-6,8-9,11,13H,7,10,12,14-15H2,1H3. The Morgan fingerprint density at radius 2 is 1.68 bits per heavy atom. The molecule has 0 aliphatic carbocycles. The van der Waals surface area contributed by atoms with Crippen LogP contribution in [0.3, 0.4) is 0 Å². The Morgan fingerprint density at radius 1 is 0.895 bits per heavy atom. The summed E-state index contributed by atoms with van der Waals surface area (Å²) in [7, 11) is 2.19. The Hall–Kier alpha value is -1.67. The summed E-state index contributed by atoms with van der Waals surface area (Å²) in [5, 5.41) is 0. The molecular formula is C17H22N2. The van der Waals surface area contributed by atoms with Gasteiger partial charge in [-0.2, -0.15) is 0 Å². The minimum atomic E-state index is 1.03. The molecule has 0 aliphatic rings. The van der Waals surface area contributed by atoms with E-state index in [1.165, 1.54) is 17.7 Å². The summed E-state index contributed by atoms with van der Waals surface area (Å²) in [5.41, 5.74) is 2.61. The molecule has 0 bridgehead atoms. The van der Waals surface area contributed by atoms with Crippen molar-refractivity contribution in [1.29, 1.82) is 0 Å². The molecule has 0 N–H and O–H groups in total. The Kier molecular flexibility index (Phi) is 5.57. The molecule has 0 radical (unpaired) electrons. The van der Waals surface area contributed by atoms with Gasteiger partial charge in [-0.25, -0.2) is 0 Å². The number of likely N-dealkylation sites (N-methyl/N-ethyl adjacent to an activating group) is 1. The zero-order chi connectivity index (χ0) is 13.3. The molecule has 1 heterocycles. The van der Waals surface area contributed by atoms with Gasteiger partial charge in [0.25, 0.3) is 0 Å². The van der Waals surface area contributed by atoms with E-state index >= 15 is 0 Å². The van der Waals surface area contributed by atoms with Crippen molar-refractivity contribution >= 4 is 0 Å². The normalized spacial score (nSPS) is 10.8. The second kappa shape index (κ2) is 7.70. The molecule has 0 unspecified atom stereocenters. The summed E-state index contributed by atoms with van der Waals surface area (Å²) in [6.45, 7) is 2.22. The van der Waals surface area contributed by atoms with Gasteiger partial charge in [-0.15, -0.1) is 0 Å². The summed E-state index contributed by atoms with van der Waals surface area (Å²) >= 11 is 0. The monoisotopic (exact) mass is 254 g/mol. The molecule has 0 spiro atoms. The van der Waals surface area contributed by atoms with Crippen LogP contribution in [0.1, 0.15) is 17.7 Å². The predicted molar refractivity (Wildman–Crippen MR) is 80.2 cm³/mol. The quantitative estimate of drug-likeness (QED) is 0.754. The van der Waals surface area contributed by atoms with Crippen molar-refractivity contribution in [1.82, 2.24) is 9.88 Å². The molecule has 0 saturated carbocycles. The molecule has 100 valence electrons. The van der Waals surface area contributed by atoms with Crippen LogP contribution in [0.2, 0.25) is 0 Å². The molecule has 1 aromatic heterocycles. The predicted octanol–water partition coefficient (Wildman–Crippen LogP) is 3.19. The van der Waals surface area contributed by atoms with Crippen molar-refractivity contribution in [2.24, 2.45) is 0 Å². The van der Waals surface area contributed by atoms with Crippen LogP contribution in [0.25, 0.3) is 0 Å². The van der Waals surface area contributed by atoms with E-state index in [9.17, 15) is 0 Å². The van der Waals surface area contributed by atoms with Gasteiger partial charge in [-0.1, -0.05) is 36.4 Å². The fraction of sp³-hybridized carbons (Fsp3) is 0.353. The summed E-state index contributed by atoms with van der Waals surface area (Å²) < 4.78 is 0. The lowest BCUT2D eigenvalue weighted by Crippen LogP contribution is -2.23. The molecule has 0 saturated heterocycles. The van der Waals surface area contributed by atoms with Gasteiger partial charge in [0.15, 0.2) is 0 Å². The highest BCUT2D eigenvalue weighted by atomic mass is 15.1. The summed E-state index contributed by atoms with van der Waals surface area (Å²) in [4.78, 5) is 6.74. The lowest BCUT2D eigenvalue weighted by molar-refractivity contribution is 0.332. The van der Waals surface area contributed by atoms with Crippen molar-refractivity contribution in [3.63, 3.8) is 0 Å². The highest BCUT2D eigenvalue weighted by Crippen LogP contribution is 2.03. The van der Waals surface area contributed by atoms with Crippen molar-refractivity contribution < 1.29 is 0 Å². The van der Waals surface area contributed by atoms with E-state index < -0.39 is 0 Å². The Labute approximate surface area is 116 Å². The Bertz CT molecular complexity index is 453. The second-order valence-corrected chi connectivity index (χ2v) is 4.96. The van der Waals surface area contributed by atoms with Crippen LogP contribution in [0.5, 0.6) is 0 Å². The van der Waals surface area contributed by atoms with E-state index in [2.05, 4.69) is 59.4 Å². The van der Waals surface area contributed by atoms with Gasteiger partial charge in [0, 0.05) is 24.9 Å². The largest absolute Gasteiger partial charge is 0.306 e. The van der Waals surface area contributed by atoms with Crippen LogP contribution in [0.15, 0.2) is 54.7 Å². The minimum Gasteiger partial charge on any atom is -0.306 e. The SMILES string of the molecule is CN(CCCc1ccccc1)CCc1ccccn1. The van der Waals surface area contributed by atoms with Gasteiger partial charge in [-0.3, -0.25) is 4.98 Å². The summed E-state index contributed by atoms with van der Waals surface area (Å²) in [6.07, 6.45) is 5.27. The van der Waals surface area contributed by atoms with Gasteiger partial charge in [-0.05, 0) is 44.1 Å². The van der Waals surface area contributed by atoms with Crippen LogP contribution in [-0.4, -0.2) is 30.0 Å². The first-order chi connectivity index (χ1) is 9.34. The topological polar surface area (TPSA) is 16.1 Å². The van der Waals surface area contributed by atoms with Gasteiger partial charge in [0.1, 0.15) is 0 Å². The number of aryl methyl sites for hydroxylation is 1. The molecule has 2 heteroatoms. The maximum absolute atomic E-state index is 4.35. The third-order valence-electron chi connectivity index (χ3n) is 3.32. The van der Waals surface area contributed by atoms with Crippen molar-refractivity contribution in [2.75, 3.05) is 20.1 Å². The van der Waals surface area contributed by atoms with E-state index in [0.29, 0.717) is 0 Å². The van der Waals surface area contributed by atoms with Crippen molar-refractivity contribution in [3.05, 3.63) is 66.0 Å². The van der Waals surface area contributed by atoms with Crippen LogP contribution >= 0.6 is 0 Å². The number of hydrogen-bond donors (Lipinski definition) is 0. The number of rotatable bonds is 7. The Morgan fingerprint density at radius 3 is 2.42 bits per heavy atom. The molecule has 1 aromatic carbocycles. The Balaban J connectivity index is 1.64. The molecule has 19 heavy (non-hydrogen) atoms. The lowest BCUT2D eigenvalue weighted by Gasteiger charge is -2.16. The van der Waals surface area contributed by atoms with Crippen LogP contribution in [0, 0.1) is 0 Å². The van der Waals surface area contributed by atoms with Crippen LogP contribution in [-0.2, 0) is 12.8 Å². The maximum Gasteiger partial charge on any atom is 0.0416 e. The average molecular weight is 254 g/mol. The first-order valence-electron chi connectivity index (χ1n) is 6.97. The highest BCUT2D eigenvalue weighted by Gasteiger charge is 2.00. The zero-order valence-corrected chi connectivity index (χ0v) is 11.6. The first kappa shape index (κ1) is 13.8. The van der Waals surface area contributed by atoms with Gasteiger partial charge < -0.3 is 4.90 Å². The number of pyridine rings is 1. The van der Waals surface area contributed by atoms with E-state index in [1.54, 1.807) is 0 Å². The molecule has 2 nitrogen and oxygen atoms in total. The third-order valence-corrected chi connectivity index (χ3v) is 3.32. The molecule has 0 fully saturated rings. The molecule has 0 aliphatic heterocycles. The molecule has 2 aromatic rings. The number of aromatic nitrogens is 1. The summed E-state index contributed by atoms with van der Waals surface area (Å²) in [5.74, 6) is 0. The fourth-order valence-electron chi connectivity index (χ4n) is 2.16. The highest BCUT2D eigenvalue weighted by molar-refractivity contribution is 5.14. The number of benzene rings is 1. The first-order valence-corrected chi connectivity index (χ1v) is 6.97. The maximum atomic E-state index is 4.35. The smallest absolute Gasteiger partial charge is 0.0416 e. The second-order valence-electron chi connectivity index (χ2n) is 4.96. The van der Waals surface area contributed by atoms with E-state index in [0.717, 1.165) is 25.9 Å². The molecular weight excluding hydrogens is 232 g/mol.